The normalized spacial score (nSPS) is 22.1. The molecule has 8 nitrogen and oxygen atoms in total. The Labute approximate surface area is 158 Å². The average Bonchev–Trinajstić information content (AvgIpc) is 3.30. The molecular formula is C18H20N6O2S. The smallest absolute Gasteiger partial charge is 0.308 e. The van der Waals surface area contributed by atoms with Crippen LogP contribution in [0.15, 0.2) is 48.9 Å². The van der Waals surface area contributed by atoms with Gasteiger partial charge in [-0.25, -0.2) is 4.31 Å². The van der Waals surface area contributed by atoms with Gasteiger partial charge in [-0.15, -0.1) is 0 Å². The lowest BCUT2D eigenvalue weighted by Crippen LogP contribution is -2.50. The van der Waals surface area contributed by atoms with Crippen molar-refractivity contribution in [3.63, 3.8) is 0 Å². The minimum atomic E-state index is -3.70. The summed E-state index contributed by atoms with van der Waals surface area (Å²) in [5, 5.41) is 13.2. The molecule has 1 aromatic heterocycles. The summed E-state index contributed by atoms with van der Waals surface area (Å²) in [6.07, 6.45) is 9.84. The summed E-state index contributed by atoms with van der Waals surface area (Å²) in [6, 6.07) is 7.21. The standard InChI is InChI=1S/C18H20N6O2S/c1-21-12-16(11-20-21)15-4-2-5-17(10-15)23-7-3-8-24(27(23,25)26)18-6-9-22(13-18)14-19/h2-5,7,10-12,18H,6,8-9,13H2,1H3/t18-/m1/s1. The molecule has 0 spiro atoms. The Morgan fingerprint density at radius 1 is 1.30 bits per heavy atom. The second-order valence-electron chi connectivity index (χ2n) is 6.70. The Hall–Kier alpha value is -2.83. The van der Waals surface area contributed by atoms with Crippen LogP contribution < -0.4 is 4.31 Å². The zero-order chi connectivity index (χ0) is 19.0. The van der Waals surface area contributed by atoms with Crippen LogP contribution in [0.1, 0.15) is 6.42 Å². The van der Waals surface area contributed by atoms with Gasteiger partial charge in [0.15, 0.2) is 6.19 Å². The van der Waals surface area contributed by atoms with Gasteiger partial charge in [-0.2, -0.15) is 23.1 Å². The fourth-order valence-corrected chi connectivity index (χ4v) is 5.22. The fraction of sp³-hybridized carbons (Fsp3) is 0.333. The number of likely N-dealkylation sites (tertiary alicyclic amines) is 1. The third kappa shape index (κ3) is 3.18. The minimum absolute atomic E-state index is 0.191. The van der Waals surface area contributed by atoms with Crippen molar-refractivity contribution in [2.24, 2.45) is 7.05 Å². The van der Waals surface area contributed by atoms with Gasteiger partial charge in [0, 0.05) is 50.7 Å². The van der Waals surface area contributed by atoms with Crippen LogP contribution in [0.2, 0.25) is 0 Å². The zero-order valence-corrected chi connectivity index (χ0v) is 15.7. The summed E-state index contributed by atoms with van der Waals surface area (Å²) < 4.78 is 31.0. The average molecular weight is 384 g/mol. The van der Waals surface area contributed by atoms with Crippen LogP contribution in [-0.4, -0.2) is 53.1 Å². The molecule has 0 saturated carbocycles. The number of rotatable bonds is 3. The first-order valence-corrected chi connectivity index (χ1v) is 10.1. The molecule has 0 unspecified atom stereocenters. The first kappa shape index (κ1) is 17.6. The molecule has 0 aliphatic carbocycles. The monoisotopic (exact) mass is 384 g/mol. The van der Waals surface area contributed by atoms with Gasteiger partial charge in [-0.1, -0.05) is 18.2 Å². The summed E-state index contributed by atoms with van der Waals surface area (Å²) in [6.45, 7) is 1.35. The van der Waals surface area contributed by atoms with Crippen molar-refractivity contribution in [3.05, 3.63) is 48.9 Å². The van der Waals surface area contributed by atoms with E-state index >= 15 is 0 Å². The van der Waals surface area contributed by atoms with E-state index in [0.29, 0.717) is 31.7 Å². The predicted molar refractivity (Wildman–Crippen MR) is 101 cm³/mol. The Kier molecular flexibility index (Phi) is 4.37. The highest BCUT2D eigenvalue weighted by Crippen LogP contribution is 2.31. The molecule has 2 aromatic rings. The van der Waals surface area contributed by atoms with Crippen molar-refractivity contribution in [3.8, 4) is 17.3 Å². The first-order valence-electron chi connectivity index (χ1n) is 8.70. The molecule has 0 bridgehead atoms. The molecule has 9 heteroatoms. The summed E-state index contributed by atoms with van der Waals surface area (Å²) in [5.41, 5.74) is 2.40. The molecule has 3 heterocycles. The summed E-state index contributed by atoms with van der Waals surface area (Å²) >= 11 is 0. The number of aromatic nitrogens is 2. The summed E-state index contributed by atoms with van der Waals surface area (Å²) in [4.78, 5) is 1.60. The van der Waals surface area contributed by atoms with E-state index in [1.807, 2.05) is 37.5 Å². The molecule has 1 saturated heterocycles. The van der Waals surface area contributed by atoms with Crippen molar-refractivity contribution in [2.75, 3.05) is 23.9 Å². The van der Waals surface area contributed by atoms with Gasteiger partial charge in [-0.3, -0.25) is 4.68 Å². The van der Waals surface area contributed by atoms with E-state index in [4.69, 9.17) is 5.26 Å². The molecular weight excluding hydrogens is 364 g/mol. The topological polar surface area (TPSA) is 85.5 Å². The lowest BCUT2D eigenvalue weighted by molar-refractivity contribution is 0.339. The van der Waals surface area contributed by atoms with Gasteiger partial charge in [0.2, 0.25) is 0 Å². The third-order valence-electron chi connectivity index (χ3n) is 4.92. The van der Waals surface area contributed by atoms with E-state index in [2.05, 4.69) is 11.3 Å². The molecule has 0 N–H and O–H groups in total. The first-order chi connectivity index (χ1) is 13.0. The Morgan fingerprint density at radius 2 is 2.15 bits per heavy atom. The van der Waals surface area contributed by atoms with Crippen molar-refractivity contribution in [1.29, 1.82) is 5.26 Å². The highest BCUT2D eigenvalue weighted by Gasteiger charge is 2.39. The Bertz CT molecular complexity index is 1020. The van der Waals surface area contributed by atoms with Gasteiger partial charge >= 0.3 is 10.2 Å². The van der Waals surface area contributed by atoms with E-state index in [9.17, 15) is 8.42 Å². The SMILES string of the molecule is Cn1cc(-c2cccc(N3C=CCN([C@@H]4CCN(C#N)C4)S3(=O)=O)c2)cn1. The van der Waals surface area contributed by atoms with Gasteiger partial charge in [0.1, 0.15) is 0 Å². The van der Waals surface area contributed by atoms with Crippen molar-refractivity contribution in [1.82, 2.24) is 19.0 Å². The highest BCUT2D eigenvalue weighted by atomic mass is 32.2. The van der Waals surface area contributed by atoms with E-state index < -0.39 is 10.2 Å². The van der Waals surface area contributed by atoms with Gasteiger partial charge < -0.3 is 4.90 Å². The molecule has 2 aliphatic rings. The number of hydrogen-bond donors (Lipinski definition) is 0. The lowest BCUT2D eigenvalue weighted by Gasteiger charge is -2.35. The molecule has 0 amide bonds. The van der Waals surface area contributed by atoms with Gasteiger partial charge in [0.25, 0.3) is 0 Å². The molecule has 1 atom stereocenters. The number of nitrogens with zero attached hydrogens (tertiary/aromatic N) is 6. The van der Waals surface area contributed by atoms with Crippen LogP contribution in [0, 0.1) is 11.5 Å². The molecule has 140 valence electrons. The fourth-order valence-electron chi connectivity index (χ4n) is 3.55. The maximum absolute atomic E-state index is 13.2. The van der Waals surface area contributed by atoms with E-state index in [0.717, 1.165) is 11.1 Å². The lowest BCUT2D eigenvalue weighted by atomic mass is 10.1. The van der Waals surface area contributed by atoms with Crippen LogP contribution >= 0.6 is 0 Å². The largest absolute Gasteiger partial charge is 0.309 e. The molecule has 1 aromatic carbocycles. The number of benzene rings is 1. The van der Waals surface area contributed by atoms with Gasteiger partial charge in [0.05, 0.1) is 11.9 Å². The molecule has 0 radical (unpaired) electrons. The molecule has 1 fully saturated rings. The molecule has 4 rings (SSSR count). The van der Waals surface area contributed by atoms with Crippen molar-refractivity contribution < 1.29 is 8.42 Å². The second kappa shape index (κ2) is 6.72. The molecule has 2 aliphatic heterocycles. The van der Waals surface area contributed by atoms with Crippen LogP contribution in [0.5, 0.6) is 0 Å². The van der Waals surface area contributed by atoms with Crippen molar-refractivity contribution in [2.45, 2.75) is 12.5 Å². The maximum Gasteiger partial charge on any atom is 0.308 e. The van der Waals surface area contributed by atoms with Crippen LogP contribution in [0.4, 0.5) is 5.69 Å². The predicted octanol–water partition coefficient (Wildman–Crippen LogP) is 1.52. The van der Waals surface area contributed by atoms with Crippen LogP contribution in [0.3, 0.4) is 0 Å². The molecule has 27 heavy (non-hydrogen) atoms. The number of aryl methyl sites for hydroxylation is 1. The van der Waals surface area contributed by atoms with Crippen LogP contribution in [-0.2, 0) is 17.3 Å². The summed E-state index contributed by atoms with van der Waals surface area (Å²) in [7, 11) is -1.86. The quantitative estimate of drug-likeness (QED) is 0.749. The third-order valence-corrected chi connectivity index (χ3v) is 6.79. The van der Waals surface area contributed by atoms with Crippen LogP contribution in [0.25, 0.3) is 11.1 Å². The van der Waals surface area contributed by atoms with Gasteiger partial charge in [-0.05, 0) is 24.1 Å². The van der Waals surface area contributed by atoms with Crippen molar-refractivity contribution >= 4 is 15.9 Å². The highest BCUT2D eigenvalue weighted by molar-refractivity contribution is 7.90. The minimum Gasteiger partial charge on any atom is -0.309 e. The second-order valence-corrected chi connectivity index (χ2v) is 8.46. The number of nitriles is 1. The Balaban J connectivity index is 1.65. The van der Waals surface area contributed by atoms with E-state index in [-0.39, 0.29) is 6.04 Å². The summed E-state index contributed by atoms with van der Waals surface area (Å²) in [5.74, 6) is 0. The zero-order valence-electron chi connectivity index (χ0n) is 14.9. The number of hydrogen-bond acceptors (Lipinski definition) is 5. The Morgan fingerprint density at radius 3 is 2.85 bits per heavy atom. The number of anilines is 1. The maximum atomic E-state index is 13.2. The van der Waals surface area contributed by atoms with E-state index in [1.165, 1.54) is 8.61 Å². The van der Waals surface area contributed by atoms with E-state index in [1.54, 1.807) is 28.0 Å².